The van der Waals surface area contributed by atoms with Crippen LogP contribution in [0, 0.1) is 5.82 Å². The van der Waals surface area contributed by atoms with Gasteiger partial charge in [0.1, 0.15) is 11.6 Å². The van der Waals surface area contributed by atoms with Crippen LogP contribution in [-0.2, 0) is 4.79 Å². The van der Waals surface area contributed by atoms with Gasteiger partial charge in [-0.25, -0.2) is 4.39 Å². The van der Waals surface area contributed by atoms with Crippen molar-refractivity contribution in [2.24, 2.45) is 0 Å². The number of phenols is 1. The molecule has 0 atom stereocenters. The molecule has 1 saturated heterocycles. The summed E-state index contributed by atoms with van der Waals surface area (Å²) in [6.45, 7) is 0.845. The van der Waals surface area contributed by atoms with Gasteiger partial charge in [-0.3, -0.25) is 9.59 Å². The summed E-state index contributed by atoms with van der Waals surface area (Å²) in [5.41, 5.74) is -0.137. The third kappa shape index (κ3) is 2.58. The second kappa shape index (κ2) is 5.03. The first kappa shape index (κ1) is 12.3. The molecule has 0 spiro atoms. The first-order valence-electron chi connectivity index (χ1n) is 5.62. The molecule has 0 aliphatic carbocycles. The van der Waals surface area contributed by atoms with E-state index in [0.29, 0.717) is 19.5 Å². The zero-order chi connectivity index (χ0) is 13.1. The highest BCUT2D eigenvalue weighted by atomic mass is 19.1. The predicted molar refractivity (Wildman–Crippen MR) is 61.6 cm³/mol. The standard InChI is InChI=1S/C12H13FN2O3/c13-10-6-8(16)2-3-9(10)12(18)15-5-1-4-14-11(17)7-15/h2-3,6,16H,1,4-5,7H2,(H,14,17). The highest BCUT2D eigenvalue weighted by molar-refractivity contribution is 5.97. The maximum atomic E-state index is 13.5. The molecule has 0 aromatic heterocycles. The van der Waals surface area contributed by atoms with Crippen LogP contribution >= 0.6 is 0 Å². The minimum Gasteiger partial charge on any atom is -0.508 e. The van der Waals surface area contributed by atoms with E-state index in [9.17, 15) is 14.0 Å². The molecule has 2 N–H and O–H groups in total. The van der Waals surface area contributed by atoms with Gasteiger partial charge >= 0.3 is 0 Å². The number of hydrogen-bond donors (Lipinski definition) is 2. The van der Waals surface area contributed by atoms with Crippen LogP contribution in [0.15, 0.2) is 18.2 Å². The quantitative estimate of drug-likeness (QED) is 0.764. The van der Waals surface area contributed by atoms with E-state index in [1.807, 2.05) is 0 Å². The van der Waals surface area contributed by atoms with E-state index in [2.05, 4.69) is 5.32 Å². The van der Waals surface area contributed by atoms with Crippen molar-refractivity contribution in [1.29, 1.82) is 0 Å². The molecule has 1 aromatic rings. The summed E-state index contributed by atoms with van der Waals surface area (Å²) in [5, 5.41) is 11.7. The largest absolute Gasteiger partial charge is 0.508 e. The van der Waals surface area contributed by atoms with Crippen molar-refractivity contribution in [2.45, 2.75) is 6.42 Å². The number of aromatic hydroxyl groups is 1. The van der Waals surface area contributed by atoms with Gasteiger partial charge in [-0.05, 0) is 18.6 Å². The van der Waals surface area contributed by atoms with Gasteiger partial charge in [0.05, 0.1) is 12.1 Å². The Kier molecular flexibility index (Phi) is 3.45. The Morgan fingerprint density at radius 2 is 2.22 bits per heavy atom. The monoisotopic (exact) mass is 252 g/mol. The molecule has 1 fully saturated rings. The van der Waals surface area contributed by atoms with Crippen molar-refractivity contribution in [2.75, 3.05) is 19.6 Å². The molecule has 1 aliphatic rings. The highest BCUT2D eigenvalue weighted by Gasteiger charge is 2.23. The average Bonchev–Trinajstić information content (AvgIpc) is 2.53. The first-order valence-corrected chi connectivity index (χ1v) is 5.62. The van der Waals surface area contributed by atoms with E-state index in [4.69, 9.17) is 5.11 Å². The van der Waals surface area contributed by atoms with Gasteiger partial charge in [-0.1, -0.05) is 0 Å². The summed E-state index contributed by atoms with van der Waals surface area (Å²) in [6.07, 6.45) is 0.636. The molecule has 2 amide bonds. The zero-order valence-corrected chi connectivity index (χ0v) is 9.65. The SMILES string of the molecule is O=C1CN(C(=O)c2ccc(O)cc2F)CCCN1. The summed E-state index contributed by atoms with van der Waals surface area (Å²) in [6, 6.07) is 3.34. The Hall–Kier alpha value is -2.11. The minimum absolute atomic E-state index is 0.0703. The molecular formula is C12H13FN2O3. The van der Waals surface area contributed by atoms with Crippen LogP contribution in [0.3, 0.4) is 0 Å². The number of hydrogen-bond acceptors (Lipinski definition) is 3. The van der Waals surface area contributed by atoms with Gasteiger partial charge < -0.3 is 15.3 Å². The van der Waals surface area contributed by atoms with E-state index in [-0.39, 0.29) is 23.8 Å². The molecule has 0 radical (unpaired) electrons. The number of nitrogens with one attached hydrogen (secondary N) is 1. The lowest BCUT2D eigenvalue weighted by molar-refractivity contribution is -0.121. The van der Waals surface area contributed by atoms with Crippen molar-refractivity contribution >= 4 is 11.8 Å². The third-order valence-electron chi connectivity index (χ3n) is 2.73. The number of rotatable bonds is 1. The van der Waals surface area contributed by atoms with Gasteiger partial charge in [-0.15, -0.1) is 0 Å². The predicted octanol–water partition coefficient (Wildman–Crippen LogP) is 0.493. The Balaban J connectivity index is 2.21. The van der Waals surface area contributed by atoms with Crippen molar-refractivity contribution < 1.29 is 19.1 Å². The lowest BCUT2D eigenvalue weighted by Gasteiger charge is -2.19. The fraction of sp³-hybridized carbons (Fsp3) is 0.333. The smallest absolute Gasteiger partial charge is 0.257 e. The number of amides is 2. The molecule has 1 heterocycles. The second-order valence-electron chi connectivity index (χ2n) is 4.09. The Bertz CT molecular complexity index is 490. The van der Waals surface area contributed by atoms with Crippen LogP contribution in [0.1, 0.15) is 16.8 Å². The Morgan fingerprint density at radius 3 is 2.94 bits per heavy atom. The Morgan fingerprint density at radius 1 is 1.44 bits per heavy atom. The van der Waals surface area contributed by atoms with Crippen molar-refractivity contribution in [1.82, 2.24) is 10.2 Å². The van der Waals surface area contributed by atoms with Crippen molar-refractivity contribution in [3.63, 3.8) is 0 Å². The van der Waals surface area contributed by atoms with Gasteiger partial charge in [-0.2, -0.15) is 0 Å². The molecule has 1 aliphatic heterocycles. The summed E-state index contributed by atoms with van der Waals surface area (Å²) in [4.78, 5) is 24.7. The second-order valence-corrected chi connectivity index (χ2v) is 4.09. The number of nitrogens with zero attached hydrogens (tertiary/aromatic N) is 1. The summed E-state index contributed by atoms with van der Waals surface area (Å²) in [7, 11) is 0. The summed E-state index contributed by atoms with van der Waals surface area (Å²) in [5.74, 6) is -1.81. The topological polar surface area (TPSA) is 69.6 Å². The van der Waals surface area contributed by atoms with Crippen LogP contribution in [0.25, 0.3) is 0 Å². The van der Waals surface area contributed by atoms with Gasteiger partial charge in [0.25, 0.3) is 5.91 Å². The number of carbonyl (C=O) groups is 2. The van der Waals surface area contributed by atoms with Gasteiger partial charge in [0.2, 0.25) is 5.91 Å². The molecule has 0 saturated carbocycles. The fourth-order valence-corrected chi connectivity index (χ4v) is 1.83. The van der Waals surface area contributed by atoms with E-state index in [1.165, 1.54) is 17.0 Å². The van der Waals surface area contributed by atoms with Crippen LogP contribution < -0.4 is 5.32 Å². The van der Waals surface area contributed by atoms with Crippen molar-refractivity contribution in [3.05, 3.63) is 29.6 Å². The highest BCUT2D eigenvalue weighted by Crippen LogP contribution is 2.17. The lowest BCUT2D eigenvalue weighted by Crippen LogP contribution is -2.37. The Labute approximate surface area is 103 Å². The van der Waals surface area contributed by atoms with E-state index in [1.54, 1.807) is 0 Å². The molecule has 0 bridgehead atoms. The summed E-state index contributed by atoms with van der Waals surface area (Å²) < 4.78 is 13.5. The molecular weight excluding hydrogens is 239 g/mol. The molecule has 0 unspecified atom stereocenters. The van der Waals surface area contributed by atoms with Gasteiger partial charge in [0, 0.05) is 19.2 Å². The third-order valence-corrected chi connectivity index (χ3v) is 2.73. The average molecular weight is 252 g/mol. The molecule has 1 aromatic carbocycles. The van der Waals surface area contributed by atoms with E-state index < -0.39 is 11.7 Å². The number of halogens is 1. The van der Waals surface area contributed by atoms with Gasteiger partial charge in [0.15, 0.2) is 0 Å². The van der Waals surface area contributed by atoms with Crippen LogP contribution in [0.5, 0.6) is 5.75 Å². The number of benzene rings is 1. The molecule has 18 heavy (non-hydrogen) atoms. The minimum atomic E-state index is -0.787. The zero-order valence-electron chi connectivity index (χ0n) is 9.65. The normalized spacial score (nSPS) is 16.1. The number of phenolic OH excluding ortho intramolecular Hbond substituents is 1. The fourth-order valence-electron chi connectivity index (χ4n) is 1.83. The molecule has 2 rings (SSSR count). The van der Waals surface area contributed by atoms with Crippen molar-refractivity contribution in [3.8, 4) is 5.75 Å². The summed E-state index contributed by atoms with van der Waals surface area (Å²) >= 11 is 0. The number of carbonyl (C=O) groups excluding carboxylic acids is 2. The van der Waals surface area contributed by atoms with Crippen LogP contribution in [0.4, 0.5) is 4.39 Å². The molecule has 96 valence electrons. The molecule has 6 heteroatoms. The van der Waals surface area contributed by atoms with Crippen LogP contribution in [-0.4, -0.2) is 41.5 Å². The molecule has 5 nitrogen and oxygen atoms in total. The van der Waals surface area contributed by atoms with E-state index >= 15 is 0 Å². The van der Waals surface area contributed by atoms with Crippen LogP contribution in [0.2, 0.25) is 0 Å². The maximum absolute atomic E-state index is 13.5. The lowest BCUT2D eigenvalue weighted by atomic mass is 10.1. The van der Waals surface area contributed by atoms with E-state index in [0.717, 1.165) is 6.07 Å². The maximum Gasteiger partial charge on any atom is 0.257 e. The first-order chi connectivity index (χ1) is 8.58.